The van der Waals surface area contributed by atoms with Gasteiger partial charge in [0.2, 0.25) is 10.0 Å². The van der Waals surface area contributed by atoms with Gasteiger partial charge in [-0.25, -0.2) is 8.42 Å². The van der Waals surface area contributed by atoms with Crippen LogP contribution >= 0.6 is 15.9 Å². The number of benzene rings is 1. The molecule has 0 spiro atoms. The number of hydrogen-bond donors (Lipinski definition) is 1. The largest absolute Gasteiger partial charge is 0.481 e. The number of hydrogen-bond acceptors (Lipinski definition) is 4. The van der Waals surface area contributed by atoms with E-state index in [-0.39, 0.29) is 24.4 Å². The van der Waals surface area contributed by atoms with E-state index in [1.165, 1.54) is 22.5 Å². The maximum atomic E-state index is 12.5. The van der Waals surface area contributed by atoms with Crippen LogP contribution in [-0.4, -0.2) is 36.9 Å². The molecule has 0 bridgehead atoms. The number of carboxylic acids is 1. The van der Waals surface area contributed by atoms with Crippen LogP contribution < -0.4 is 0 Å². The molecule has 0 radical (unpaired) electrons. The number of aliphatic carboxylic acids is 1. The summed E-state index contributed by atoms with van der Waals surface area (Å²) in [4.78, 5) is 11.2. The summed E-state index contributed by atoms with van der Waals surface area (Å²) in [5, 5.41) is 18.0. The molecule has 21 heavy (non-hydrogen) atoms. The Morgan fingerprint density at radius 3 is 2.67 bits per heavy atom. The number of nitrogens with zero attached hydrogens (tertiary/aromatic N) is 2. The number of carboxylic acid groups (broad SMARTS) is 1. The summed E-state index contributed by atoms with van der Waals surface area (Å²) in [6.45, 7) is 1.66. The lowest BCUT2D eigenvalue weighted by atomic mass is 9.90. The number of halogens is 1. The third kappa shape index (κ3) is 2.81. The van der Waals surface area contributed by atoms with E-state index in [2.05, 4.69) is 15.9 Å². The smallest absolute Gasteiger partial charge is 0.310 e. The highest BCUT2D eigenvalue weighted by atomic mass is 79.9. The van der Waals surface area contributed by atoms with Gasteiger partial charge in [0.05, 0.1) is 15.9 Å². The zero-order valence-electron chi connectivity index (χ0n) is 11.2. The van der Waals surface area contributed by atoms with Crippen molar-refractivity contribution in [3.63, 3.8) is 0 Å². The minimum absolute atomic E-state index is 0.0445. The molecule has 1 aromatic rings. The average Bonchev–Trinajstić information content (AvgIpc) is 2.83. The monoisotopic (exact) mass is 372 g/mol. The molecule has 0 aromatic heterocycles. The van der Waals surface area contributed by atoms with Gasteiger partial charge in [0, 0.05) is 17.6 Å². The van der Waals surface area contributed by atoms with Gasteiger partial charge in [-0.05, 0) is 47.5 Å². The fourth-order valence-electron chi connectivity index (χ4n) is 2.19. The summed E-state index contributed by atoms with van der Waals surface area (Å²) in [7, 11) is -3.76. The first-order chi connectivity index (χ1) is 9.70. The molecule has 1 heterocycles. The van der Waals surface area contributed by atoms with E-state index in [9.17, 15) is 18.3 Å². The molecule has 1 fully saturated rings. The molecule has 1 unspecified atom stereocenters. The third-order valence-corrected chi connectivity index (χ3v) is 6.15. The Bertz CT molecular complexity index is 741. The second kappa shape index (κ2) is 5.40. The highest BCUT2D eigenvalue weighted by Gasteiger charge is 2.44. The highest BCUT2D eigenvalue weighted by molar-refractivity contribution is 9.10. The minimum Gasteiger partial charge on any atom is -0.481 e. The predicted molar refractivity (Wildman–Crippen MR) is 78.0 cm³/mol. The molecule has 112 valence electrons. The van der Waals surface area contributed by atoms with Crippen LogP contribution in [0.1, 0.15) is 18.9 Å². The minimum atomic E-state index is -3.76. The maximum absolute atomic E-state index is 12.5. The van der Waals surface area contributed by atoms with E-state index in [1.54, 1.807) is 6.92 Å². The van der Waals surface area contributed by atoms with Crippen LogP contribution in [-0.2, 0) is 14.8 Å². The van der Waals surface area contributed by atoms with Crippen molar-refractivity contribution in [1.82, 2.24) is 4.31 Å². The van der Waals surface area contributed by atoms with Crippen LogP contribution in [0.3, 0.4) is 0 Å². The Balaban J connectivity index is 2.34. The summed E-state index contributed by atoms with van der Waals surface area (Å²) in [5.74, 6) is -0.999. The van der Waals surface area contributed by atoms with E-state index < -0.39 is 21.4 Å². The Morgan fingerprint density at radius 1 is 1.52 bits per heavy atom. The molecule has 1 saturated heterocycles. The number of rotatable bonds is 3. The zero-order chi connectivity index (χ0) is 15.8. The van der Waals surface area contributed by atoms with Crippen molar-refractivity contribution in [2.75, 3.05) is 13.1 Å². The molecular formula is C13H13BrN2O4S. The van der Waals surface area contributed by atoms with Gasteiger partial charge in [0.1, 0.15) is 6.07 Å². The number of sulfonamides is 1. The Hall–Kier alpha value is -1.43. The molecular weight excluding hydrogens is 360 g/mol. The number of nitriles is 1. The summed E-state index contributed by atoms with van der Waals surface area (Å²) < 4.78 is 26.6. The highest BCUT2D eigenvalue weighted by Crippen LogP contribution is 2.34. The van der Waals surface area contributed by atoms with Crippen molar-refractivity contribution >= 4 is 31.9 Å². The van der Waals surface area contributed by atoms with Gasteiger partial charge >= 0.3 is 5.97 Å². The van der Waals surface area contributed by atoms with Crippen LogP contribution in [0.15, 0.2) is 27.6 Å². The van der Waals surface area contributed by atoms with Crippen molar-refractivity contribution in [1.29, 1.82) is 5.26 Å². The van der Waals surface area contributed by atoms with Gasteiger partial charge in [-0.15, -0.1) is 0 Å². The van der Waals surface area contributed by atoms with Crippen molar-refractivity contribution in [3.8, 4) is 6.07 Å². The molecule has 6 nitrogen and oxygen atoms in total. The summed E-state index contributed by atoms with van der Waals surface area (Å²) in [6, 6.07) is 6.08. The second-order valence-electron chi connectivity index (χ2n) is 5.21. The van der Waals surface area contributed by atoms with Crippen LogP contribution in [0.4, 0.5) is 0 Å². The maximum Gasteiger partial charge on any atom is 0.310 e. The normalized spacial score (nSPS) is 22.9. The fourth-order valence-corrected chi connectivity index (χ4v) is 4.41. The van der Waals surface area contributed by atoms with Crippen LogP contribution in [0.2, 0.25) is 0 Å². The molecule has 0 amide bonds. The van der Waals surface area contributed by atoms with Gasteiger partial charge in [0.15, 0.2) is 0 Å². The molecule has 0 saturated carbocycles. The molecule has 1 N–H and O–H groups in total. The first kappa shape index (κ1) is 15.9. The van der Waals surface area contributed by atoms with Crippen molar-refractivity contribution < 1.29 is 18.3 Å². The molecule has 1 aliphatic rings. The summed E-state index contributed by atoms with van der Waals surface area (Å²) in [5.41, 5.74) is -0.720. The predicted octanol–water partition coefficient (Wildman–Crippen LogP) is 1.81. The van der Waals surface area contributed by atoms with Crippen molar-refractivity contribution in [2.45, 2.75) is 18.2 Å². The molecule has 1 aliphatic heterocycles. The Labute approximate surface area is 131 Å². The zero-order valence-corrected chi connectivity index (χ0v) is 13.6. The molecule has 1 aromatic carbocycles. The van der Waals surface area contributed by atoms with Crippen LogP contribution in [0.25, 0.3) is 0 Å². The molecule has 1 atom stereocenters. The van der Waals surface area contributed by atoms with Crippen LogP contribution in [0, 0.1) is 16.7 Å². The van der Waals surface area contributed by atoms with Gasteiger partial charge in [0.25, 0.3) is 0 Å². The first-order valence-corrected chi connectivity index (χ1v) is 8.37. The average molecular weight is 373 g/mol. The quantitative estimate of drug-likeness (QED) is 0.871. The third-order valence-electron chi connectivity index (χ3n) is 3.65. The first-order valence-electron chi connectivity index (χ1n) is 6.14. The van der Waals surface area contributed by atoms with E-state index in [0.717, 1.165) is 0 Å². The van der Waals surface area contributed by atoms with Gasteiger partial charge in [-0.1, -0.05) is 0 Å². The summed E-state index contributed by atoms with van der Waals surface area (Å²) >= 11 is 3.15. The lowest BCUT2D eigenvalue weighted by Gasteiger charge is -2.20. The molecule has 0 aliphatic carbocycles. The lowest BCUT2D eigenvalue weighted by Crippen LogP contribution is -2.34. The topological polar surface area (TPSA) is 98.5 Å². The van der Waals surface area contributed by atoms with Gasteiger partial charge in [-0.3, -0.25) is 4.79 Å². The SMILES string of the molecule is CC1(C(=O)O)CCN(S(=O)(=O)c2ccc(C#N)c(Br)c2)C1. The van der Waals surface area contributed by atoms with Crippen molar-refractivity contribution in [2.24, 2.45) is 5.41 Å². The second-order valence-corrected chi connectivity index (χ2v) is 8.00. The summed E-state index contributed by atoms with van der Waals surface area (Å²) in [6.07, 6.45) is 0.277. The van der Waals surface area contributed by atoms with Gasteiger partial charge in [-0.2, -0.15) is 9.57 Å². The Kier molecular flexibility index (Phi) is 4.10. The van der Waals surface area contributed by atoms with Gasteiger partial charge < -0.3 is 5.11 Å². The molecule has 2 rings (SSSR count). The molecule has 8 heteroatoms. The number of carbonyl (C=O) groups is 1. The lowest BCUT2D eigenvalue weighted by molar-refractivity contribution is -0.146. The van der Waals surface area contributed by atoms with E-state index >= 15 is 0 Å². The van der Waals surface area contributed by atoms with E-state index in [0.29, 0.717) is 10.0 Å². The van der Waals surface area contributed by atoms with Crippen LogP contribution in [0.5, 0.6) is 0 Å². The fraction of sp³-hybridized carbons (Fsp3) is 0.385. The van der Waals surface area contributed by atoms with Crippen molar-refractivity contribution in [3.05, 3.63) is 28.2 Å². The standard InChI is InChI=1S/C13H13BrN2O4S/c1-13(12(17)18)4-5-16(8-13)21(19,20)10-3-2-9(7-15)11(14)6-10/h2-3,6H,4-5,8H2,1H3,(H,17,18). The van der Waals surface area contributed by atoms with E-state index in [1.807, 2.05) is 6.07 Å². The van der Waals surface area contributed by atoms with E-state index in [4.69, 9.17) is 5.26 Å². The Morgan fingerprint density at radius 2 is 2.19 bits per heavy atom.